The van der Waals surface area contributed by atoms with Gasteiger partial charge in [0.25, 0.3) is 0 Å². The first kappa shape index (κ1) is 14.9. The fourth-order valence-corrected chi connectivity index (χ4v) is 2.42. The zero-order valence-electron chi connectivity index (χ0n) is 9.92. The van der Waals surface area contributed by atoms with Crippen LogP contribution in [0.2, 0.25) is 0 Å². The zero-order valence-corrected chi connectivity index (χ0v) is 12.4. The van der Waals surface area contributed by atoms with Gasteiger partial charge in [0.15, 0.2) is 0 Å². The van der Waals surface area contributed by atoms with Gasteiger partial charge >= 0.3 is 0 Å². The van der Waals surface area contributed by atoms with Crippen molar-refractivity contribution in [2.75, 3.05) is 10.5 Å². The highest BCUT2D eigenvalue weighted by Crippen LogP contribution is 2.24. The van der Waals surface area contributed by atoms with E-state index in [1.165, 1.54) is 11.9 Å². The first-order chi connectivity index (χ1) is 8.78. The number of hydrogen-bond acceptors (Lipinski definition) is 7. The Morgan fingerprint density at radius 1 is 1.33 bits per heavy atom. The number of anilines is 2. The van der Waals surface area contributed by atoms with Crippen LogP contribution in [-0.4, -0.2) is 16.1 Å². The number of thiocarbonyl (C=S) groups is 1. The molecule has 0 aliphatic carbocycles. The molecule has 0 spiro atoms. The Morgan fingerprint density at radius 3 is 2.56 bits per heavy atom. The number of hydrogen-bond donors (Lipinski definition) is 2. The average molecular weight is 298 g/mol. The van der Waals surface area contributed by atoms with Gasteiger partial charge < -0.3 is 10.5 Å². The first-order valence-electron chi connectivity index (χ1n) is 5.17. The van der Waals surface area contributed by atoms with Gasteiger partial charge in [-0.1, -0.05) is 30.5 Å². The molecule has 0 aliphatic rings. The molecule has 0 radical (unpaired) electrons. The standard InChI is InChI=1S/C10H12N4S2.CH2S/c1-2-9-12-13-10(15-9)14-16-8-5-3-7(11)4-6-8;1-2/h3-6H,2,11H2,1H3,(H,13,14);1H2. The third kappa shape index (κ3) is 4.59. The van der Waals surface area contributed by atoms with Gasteiger partial charge in [-0.25, -0.2) is 0 Å². The number of aryl methyl sites for hydroxylation is 1. The summed E-state index contributed by atoms with van der Waals surface area (Å²) < 4.78 is 3.16. The Kier molecular flexibility index (Phi) is 6.63. The molecule has 1 heterocycles. The fourth-order valence-electron chi connectivity index (χ4n) is 1.08. The van der Waals surface area contributed by atoms with Crippen LogP contribution < -0.4 is 10.5 Å². The Hall–Kier alpha value is -1.18. The zero-order chi connectivity index (χ0) is 13.4. The second-order valence-corrected chi connectivity index (χ2v) is 5.07. The molecule has 18 heavy (non-hydrogen) atoms. The lowest BCUT2D eigenvalue weighted by Crippen LogP contribution is -1.87. The Bertz CT molecular complexity index is 469. The van der Waals surface area contributed by atoms with Crippen LogP contribution in [-0.2, 0) is 6.42 Å². The van der Waals surface area contributed by atoms with Gasteiger partial charge in [-0.15, -0.1) is 10.2 Å². The quantitative estimate of drug-likeness (QED) is 0.512. The Morgan fingerprint density at radius 2 is 2.00 bits per heavy atom. The SMILES string of the molecule is C=S.CCc1nnc(NSc2ccc(N)cc2)s1. The molecule has 0 bridgehead atoms. The summed E-state index contributed by atoms with van der Waals surface area (Å²) in [6.07, 6.45) is 0.923. The molecule has 2 aromatic rings. The number of aromatic nitrogens is 2. The number of nitrogens with zero attached hydrogens (tertiary/aromatic N) is 2. The molecule has 0 amide bonds. The highest BCUT2D eigenvalue weighted by Gasteiger charge is 2.02. The van der Waals surface area contributed by atoms with Crippen molar-refractivity contribution in [3.8, 4) is 0 Å². The third-order valence-corrected chi connectivity index (χ3v) is 3.82. The van der Waals surface area contributed by atoms with E-state index in [9.17, 15) is 0 Å². The molecule has 1 aromatic heterocycles. The van der Waals surface area contributed by atoms with Crippen molar-refractivity contribution < 1.29 is 0 Å². The van der Waals surface area contributed by atoms with Crippen molar-refractivity contribution in [1.82, 2.24) is 10.2 Å². The summed E-state index contributed by atoms with van der Waals surface area (Å²) in [6, 6.07) is 7.69. The van der Waals surface area contributed by atoms with Crippen LogP contribution in [0.25, 0.3) is 0 Å². The summed E-state index contributed by atoms with van der Waals surface area (Å²) in [5.74, 6) is 2.83. The van der Waals surface area contributed by atoms with Crippen molar-refractivity contribution in [2.45, 2.75) is 18.2 Å². The summed E-state index contributed by atoms with van der Waals surface area (Å²) in [5, 5.41) is 9.94. The van der Waals surface area contributed by atoms with Gasteiger partial charge in [-0.05, 0) is 48.5 Å². The molecule has 96 valence electrons. The van der Waals surface area contributed by atoms with Crippen LogP contribution in [0.1, 0.15) is 11.9 Å². The van der Waals surface area contributed by atoms with Crippen LogP contribution >= 0.6 is 35.5 Å². The van der Waals surface area contributed by atoms with E-state index in [4.69, 9.17) is 5.73 Å². The van der Waals surface area contributed by atoms with Gasteiger partial charge in [0.2, 0.25) is 5.13 Å². The minimum Gasteiger partial charge on any atom is -0.399 e. The summed E-state index contributed by atoms with van der Waals surface area (Å²) >= 11 is 6.92. The maximum Gasteiger partial charge on any atom is 0.215 e. The van der Waals surface area contributed by atoms with E-state index in [2.05, 4.69) is 39.9 Å². The molecule has 0 atom stereocenters. The monoisotopic (exact) mass is 298 g/mol. The topological polar surface area (TPSA) is 63.8 Å². The van der Waals surface area contributed by atoms with E-state index in [0.29, 0.717) is 0 Å². The van der Waals surface area contributed by atoms with Gasteiger partial charge in [-0.3, -0.25) is 0 Å². The molecule has 0 saturated heterocycles. The lowest BCUT2D eigenvalue weighted by molar-refractivity contribution is 0.988. The van der Waals surface area contributed by atoms with Gasteiger partial charge in [0.05, 0.1) is 0 Å². The molecule has 0 saturated carbocycles. The second kappa shape index (κ2) is 8.02. The number of nitrogens with one attached hydrogen (secondary N) is 1. The maximum absolute atomic E-state index is 5.61. The summed E-state index contributed by atoms with van der Waals surface area (Å²) in [4.78, 5) is 1.10. The van der Waals surface area contributed by atoms with Crippen LogP contribution in [0.3, 0.4) is 0 Å². The van der Waals surface area contributed by atoms with Crippen molar-refractivity contribution in [1.29, 1.82) is 0 Å². The van der Waals surface area contributed by atoms with Gasteiger partial charge in [0.1, 0.15) is 5.01 Å². The van der Waals surface area contributed by atoms with Gasteiger partial charge in [0, 0.05) is 10.6 Å². The Labute approximate surface area is 120 Å². The fraction of sp³-hybridized carbons (Fsp3) is 0.182. The van der Waals surface area contributed by atoms with E-state index in [1.807, 2.05) is 24.3 Å². The van der Waals surface area contributed by atoms with Crippen molar-refractivity contribution in [3.63, 3.8) is 0 Å². The lowest BCUT2D eigenvalue weighted by Gasteiger charge is -2.00. The number of nitrogen functional groups attached to an aromatic ring is 1. The highest BCUT2D eigenvalue weighted by molar-refractivity contribution is 8.00. The number of nitrogens with two attached hydrogens (primary N) is 1. The Balaban J connectivity index is 0.000000771. The number of rotatable bonds is 4. The molecule has 7 heteroatoms. The smallest absolute Gasteiger partial charge is 0.215 e. The van der Waals surface area contributed by atoms with Crippen LogP contribution in [0.15, 0.2) is 29.2 Å². The number of benzene rings is 1. The van der Waals surface area contributed by atoms with Crippen LogP contribution in [0.4, 0.5) is 10.8 Å². The predicted octanol–water partition coefficient (Wildman–Crippen LogP) is 3.42. The summed E-state index contributed by atoms with van der Waals surface area (Å²) in [7, 11) is 0. The van der Waals surface area contributed by atoms with E-state index in [-0.39, 0.29) is 0 Å². The molecule has 0 fully saturated rings. The second-order valence-electron chi connectivity index (χ2n) is 3.13. The predicted molar refractivity (Wildman–Crippen MR) is 84.3 cm³/mol. The molecule has 4 nitrogen and oxygen atoms in total. The first-order valence-corrected chi connectivity index (χ1v) is 7.38. The van der Waals surface area contributed by atoms with E-state index in [0.717, 1.165) is 27.1 Å². The minimum atomic E-state index is 0.772. The largest absolute Gasteiger partial charge is 0.399 e. The average Bonchev–Trinajstić information content (AvgIpc) is 2.88. The maximum atomic E-state index is 5.61. The van der Waals surface area contributed by atoms with Crippen molar-refractivity contribution >= 4 is 52.2 Å². The minimum absolute atomic E-state index is 0.772. The van der Waals surface area contributed by atoms with Gasteiger partial charge in [-0.2, -0.15) is 0 Å². The van der Waals surface area contributed by atoms with E-state index < -0.39 is 0 Å². The normalized spacial score (nSPS) is 9.39. The summed E-state index contributed by atoms with van der Waals surface area (Å²) in [5.41, 5.74) is 6.38. The van der Waals surface area contributed by atoms with Crippen molar-refractivity contribution in [3.05, 3.63) is 29.3 Å². The molecule has 0 aliphatic heterocycles. The van der Waals surface area contributed by atoms with Crippen molar-refractivity contribution in [2.24, 2.45) is 0 Å². The summed E-state index contributed by atoms with van der Waals surface area (Å²) in [6.45, 7) is 2.07. The molecule has 2 rings (SSSR count). The van der Waals surface area contributed by atoms with E-state index >= 15 is 0 Å². The molecule has 1 aromatic carbocycles. The third-order valence-electron chi connectivity index (χ3n) is 1.91. The highest BCUT2D eigenvalue weighted by atomic mass is 32.2. The molecule has 0 unspecified atom stereocenters. The van der Waals surface area contributed by atoms with Crippen LogP contribution in [0.5, 0.6) is 0 Å². The molecular weight excluding hydrogens is 284 g/mol. The lowest BCUT2D eigenvalue weighted by atomic mass is 10.3. The van der Waals surface area contributed by atoms with Crippen LogP contribution in [0, 0.1) is 0 Å². The molecular formula is C11H14N4S3. The van der Waals surface area contributed by atoms with E-state index in [1.54, 1.807) is 11.3 Å². The molecule has 3 N–H and O–H groups in total.